The molecule has 2 unspecified atom stereocenters. The van der Waals surface area contributed by atoms with E-state index >= 15 is 0 Å². The van der Waals surface area contributed by atoms with Gasteiger partial charge in [-0.05, 0) is 18.9 Å². The van der Waals surface area contributed by atoms with Crippen LogP contribution in [0.3, 0.4) is 0 Å². The van der Waals surface area contributed by atoms with Crippen LogP contribution in [0.1, 0.15) is 200 Å². The molecular weight excluding hydrogens is 793 g/mol. The largest absolute Gasteiger partial charge is 0.472 e. The second kappa shape index (κ2) is 33.2. The lowest BCUT2D eigenvalue weighted by Gasteiger charge is -2.21. The standard InChI is InChI=1S/C44H80N3O12P/c1-3-5-7-9-11-13-15-17-19-21-23-25-27-29-39(48)55-33-36(58-40(49)30-28-26-24-22-20-18-16-14-12-10-8-6-4-2)34-56-60(53,54)57-35-37-41(50)42(51)43(59-37)47-32-31-38(45)46-44(47)52/h31-32,36-37,41-43,50-51H,3-30,33-35H2,1-2H3,(H,53,54)(H2,45,46,52)/t36?,37-,41-,42+,43-/m1/s1. The quantitative estimate of drug-likeness (QED) is 0.0277. The molecule has 0 bridgehead atoms. The third-order valence-corrected chi connectivity index (χ3v) is 11.9. The number of phosphoric acid groups is 1. The van der Waals surface area contributed by atoms with Crippen molar-refractivity contribution in [2.24, 2.45) is 0 Å². The van der Waals surface area contributed by atoms with E-state index in [1.807, 2.05) is 0 Å². The van der Waals surface area contributed by atoms with Gasteiger partial charge in [0.1, 0.15) is 30.7 Å². The molecule has 15 nitrogen and oxygen atoms in total. The number of nitrogens with zero attached hydrogens (tertiary/aromatic N) is 2. The van der Waals surface area contributed by atoms with Crippen molar-refractivity contribution in [3.05, 3.63) is 22.7 Å². The van der Waals surface area contributed by atoms with E-state index in [0.717, 1.165) is 43.1 Å². The van der Waals surface area contributed by atoms with Crippen LogP contribution in [0.4, 0.5) is 5.82 Å². The number of unbranched alkanes of at least 4 members (excludes halogenated alkanes) is 24. The maximum Gasteiger partial charge on any atom is 0.472 e. The molecule has 348 valence electrons. The lowest BCUT2D eigenvalue weighted by atomic mass is 10.0. The number of rotatable bonds is 38. The normalized spacial score (nSPS) is 19.3. The minimum Gasteiger partial charge on any atom is -0.462 e. The van der Waals surface area contributed by atoms with Crippen LogP contribution in [0.2, 0.25) is 0 Å². The first-order chi connectivity index (χ1) is 29.0. The van der Waals surface area contributed by atoms with Crippen molar-refractivity contribution in [2.45, 2.75) is 224 Å². The maximum atomic E-state index is 12.9. The number of carbonyl (C=O) groups excluding carboxylic acids is 2. The van der Waals surface area contributed by atoms with E-state index in [9.17, 15) is 34.1 Å². The smallest absolute Gasteiger partial charge is 0.462 e. The summed E-state index contributed by atoms with van der Waals surface area (Å²) in [6, 6.07) is 1.31. The SMILES string of the molecule is CCCCCCCCCCCCCCCC(=O)OCC(COP(=O)(O)OC[C@H]1O[C@@H](n2ccc(N)nc2=O)[C@@H](O)[C@@H]1O)OC(=O)CCCCCCCCCCCCCCC. The number of hydrogen-bond acceptors (Lipinski definition) is 13. The van der Waals surface area contributed by atoms with E-state index in [2.05, 4.69) is 18.8 Å². The van der Waals surface area contributed by atoms with Gasteiger partial charge in [0, 0.05) is 19.0 Å². The number of aliphatic hydroxyl groups excluding tert-OH is 2. The molecule has 0 spiro atoms. The summed E-state index contributed by atoms with van der Waals surface area (Å²) in [5, 5.41) is 21.0. The van der Waals surface area contributed by atoms with Crippen molar-refractivity contribution in [3.8, 4) is 0 Å². The number of ether oxygens (including phenoxy) is 3. The van der Waals surface area contributed by atoms with E-state index in [1.54, 1.807) is 0 Å². The van der Waals surface area contributed by atoms with Gasteiger partial charge in [-0.3, -0.25) is 23.2 Å². The first-order valence-corrected chi connectivity index (χ1v) is 24.8. The van der Waals surface area contributed by atoms with Crippen LogP contribution in [-0.2, 0) is 37.4 Å². The number of esters is 2. The Kier molecular flexibility index (Phi) is 29.7. The minimum absolute atomic E-state index is 0.0457. The molecule has 2 heterocycles. The number of carbonyl (C=O) groups is 2. The topological polar surface area (TPSA) is 219 Å². The number of aliphatic hydroxyl groups is 2. The summed E-state index contributed by atoms with van der Waals surface area (Å²) in [6.45, 7) is 2.78. The van der Waals surface area contributed by atoms with Gasteiger partial charge in [0.2, 0.25) is 0 Å². The summed E-state index contributed by atoms with van der Waals surface area (Å²) in [4.78, 5) is 51.7. The highest BCUT2D eigenvalue weighted by Gasteiger charge is 2.45. The molecule has 6 atom stereocenters. The van der Waals surface area contributed by atoms with Crippen LogP contribution >= 0.6 is 7.82 Å². The number of phosphoric ester groups is 1. The van der Waals surface area contributed by atoms with Crippen LogP contribution in [0.25, 0.3) is 0 Å². The van der Waals surface area contributed by atoms with Crippen LogP contribution in [0, 0.1) is 0 Å². The molecule has 2 rings (SSSR count). The summed E-state index contributed by atoms with van der Waals surface area (Å²) in [5.74, 6) is -1.05. The number of nitrogen functional groups attached to an aromatic ring is 1. The van der Waals surface area contributed by atoms with Gasteiger partial charge < -0.3 is 35.1 Å². The fourth-order valence-electron chi connectivity index (χ4n) is 7.29. The zero-order chi connectivity index (χ0) is 43.9. The third kappa shape index (κ3) is 24.9. The highest BCUT2D eigenvalue weighted by molar-refractivity contribution is 7.47. The molecule has 16 heteroatoms. The Bertz CT molecular complexity index is 1380. The van der Waals surface area contributed by atoms with Crippen LogP contribution < -0.4 is 11.4 Å². The molecule has 0 radical (unpaired) electrons. The van der Waals surface area contributed by atoms with Gasteiger partial charge >= 0.3 is 25.5 Å². The molecule has 1 aromatic rings. The highest BCUT2D eigenvalue weighted by Crippen LogP contribution is 2.44. The molecule has 1 saturated heterocycles. The first-order valence-electron chi connectivity index (χ1n) is 23.3. The summed E-state index contributed by atoms with van der Waals surface area (Å²) in [5.41, 5.74) is 4.69. The molecule has 1 fully saturated rings. The Morgan fingerprint density at radius 3 is 1.63 bits per heavy atom. The molecule has 1 aromatic heterocycles. The zero-order valence-electron chi connectivity index (χ0n) is 36.9. The lowest BCUT2D eigenvalue weighted by Crippen LogP contribution is -2.36. The van der Waals surface area contributed by atoms with Crippen molar-refractivity contribution in [3.63, 3.8) is 0 Å². The Balaban J connectivity index is 1.77. The number of aromatic nitrogens is 2. The maximum absolute atomic E-state index is 12.9. The summed E-state index contributed by atoms with van der Waals surface area (Å²) in [6.07, 6.45) is 25.1. The van der Waals surface area contributed by atoms with Gasteiger partial charge in [-0.25, -0.2) is 9.36 Å². The Labute approximate surface area is 359 Å². The van der Waals surface area contributed by atoms with Crippen molar-refractivity contribution in [1.82, 2.24) is 9.55 Å². The monoisotopic (exact) mass is 874 g/mol. The number of anilines is 1. The summed E-state index contributed by atoms with van der Waals surface area (Å²) >= 11 is 0. The number of hydrogen-bond donors (Lipinski definition) is 4. The van der Waals surface area contributed by atoms with Crippen molar-refractivity contribution < 1.29 is 52.5 Å². The van der Waals surface area contributed by atoms with Gasteiger partial charge in [-0.2, -0.15) is 4.98 Å². The van der Waals surface area contributed by atoms with Gasteiger partial charge in [-0.1, -0.05) is 168 Å². The van der Waals surface area contributed by atoms with Gasteiger partial charge in [-0.15, -0.1) is 0 Å². The van der Waals surface area contributed by atoms with Gasteiger partial charge in [0.25, 0.3) is 0 Å². The van der Waals surface area contributed by atoms with E-state index in [-0.39, 0.29) is 25.3 Å². The van der Waals surface area contributed by atoms with Crippen molar-refractivity contribution in [1.29, 1.82) is 0 Å². The van der Waals surface area contributed by atoms with Crippen LogP contribution in [0.5, 0.6) is 0 Å². The molecule has 1 aliphatic heterocycles. The molecule has 60 heavy (non-hydrogen) atoms. The van der Waals surface area contributed by atoms with Crippen molar-refractivity contribution >= 4 is 25.6 Å². The fraction of sp³-hybridized carbons (Fsp3) is 0.864. The van der Waals surface area contributed by atoms with E-state index in [4.69, 9.17) is 29.0 Å². The van der Waals surface area contributed by atoms with Gasteiger partial charge in [0.05, 0.1) is 13.2 Å². The van der Waals surface area contributed by atoms with Crippen LogP contribution in [-0.4, -0.2) is 80.8 Å². The van der Waals surface area contributed by atoms with Crippen LogP contribution in [0.15, 0.2) is 17.1 Å². The lowest BCUT2D eigenvalue weighted by molar-refractivity contribution is -0.161. The third-order valence-electron chi connectivity index (χ3n) is 11.0. The van der Waals surface area contributed by atoms with E-state index in [1.165, 1.54) is 128 Å². The van der Waals surface area contributed by atoms with Crippen molar-refractivity contribution in [2.75, 3.05) is 25.6 Å². The number of nitrogens with two attached hydrogens (primary N) is 1. The molecule has 1 aliphatic rings. The molecular formula is C44H80N3O12P. The Hall–Kier alpha value is -2.39. The summed E-state index contributed by atoms with van der Waals surface area (Å²) in [7, 11) is -4.84. The first kappa shape index (κ1) is 53.7. The van der Waals surface area contributed by atoms with E-state index < -0.39 is 69.3 Å². The Morgan fingerprint density at radius 2 is 1.17 bits per heavy atom. The predicted molar refractivity (Wildman–Crippen MR) is 232 cm³/mol. The second-order valence-electron chi connectivity index (χ2n) is 16.4. The predicted octanol–water partition coefficient (Wildman–Crippen LogP) is 9.00. The fourth-order valence-corrected chi connectivity index (χ4v) is 8.06. The molecule has 0 aliphatic carbocycles. The zero-order valence-corrected chi connectivity index (χ0v) is 37.8. The molecule has 0 amide bonds. The molecule has 0 saturated carbocycles. The average Bonchev–Trinajstić information content (AvgIpc) is 3.50. The average molecular weight is 874 g/mol. The molecule has 0 aromatic carbocycles. The second-order valence-corrected chi connectivity index (χ2v) is 17.9. The summed E-state index contributed by atoms with van der Waals surface area (Å²) < 4.78 is 40.5. The Morgan fingerprint density at radius 1 is 0.717 bits per heavy atom. The minimum atomic E-state index is -4.84. The van der Waals surface area contributed by atoms with E-state index in [0.29, 0.717) is 12.8 Å². The van der Waals surface area contributed by atoms with Gasteiger partial charge in [0.15, 0.2) is 12.3 Å². The molecule has 5 N–H and O–H groups in total. The highest BCUT2D eigenvalue weighted by atomic mass is 31.2.